The number of ether oxygens (including phenoxy) is 1. The molecule has 2 heterocycles. The molecular weight excluding hydrogens is 304 g/mol. The van der Waals surface area contributed by atoms with Crippen molar-refractivity contribution >= 4 is 0 Å². The normalized spacial score (nSPS) is 11.7. The molecule has 0 saturated carbocycles. The molecule has 6 nitrogen and oxygen atoms in total. The van der Waals surface area contributed by atoms with E-state index in [1.54, 1.807) is 41.3 Å². The summed E-state index contributed by atoms with van der Waals surface area (Å²) in [6.45, 7) is 0.466. The summed E-state index contributed by atoms with van der Waals surface area (Å²) in [6.07, 6.45) is 2.82. The smallest absolute Gasteiger partial charge is 0.119 e. The van der Waals surface area contributed by atoms with Crippen LogP contribution in [0.2, 0.25) is 0 Å². The molecule has 0 radical (unpaired) electrons. The summed E-state index contributed by atoms with van der Waals surface area (Å²) in [5, 5.41) is 23.2. The SMILES string of the molecule is N#Cc1ccc(OCC(O)Cn2ccc(-c3ccccn3)n2)cc1. The fourth-order valence-electron chi connectivity index (χ4n) is 2.20. The third-order valence-electron chi connectivity index (χ3n) is 3.39. The van der Waals surface area contributed by atoms with E-state index in [1.807, 2.05) is 30.3 Å². The Hall–Kier alpha value is -3.17. The molecule has 0 aliphatic carbocycles. The Morgan fingerprint density at radius 3 is 2.67 bits per heavy atom. The van der Waals surface area contributed by atoms with Crippen LogP contribution in [0.5, 0.6) is 5.75 Å². The predicted octanol–water partition coefficient (Wildman–Crippen LogP) is 2.26. The largest absolute Gasteiger partial charge is 0.491 e. The van der Waals surface area contributed by atoms with Gasteiger partial charge in [-0.3, -0.25) is 9.67 Å². The molecule has 1 N–H and O–H groups in total. The third kappa shape index (κ3) is 3.97. The molecule has 0 amide bonds. The fraction of sp³-hybridized carbons (Fsp3) is 0.167. The molecule has 1 atom stereocenters. The van der Waals surface area contributed by atoms with Crippen molar-refractivity contribution in [2.24, 2.45) is 0 Å². The van der Waals surface area contributed by atoms with Crippen molar-refractivity contribution < 1.29 is 9.84 Å². The Labute approximate surface area is 139 Å². The molecule has 0 spiro atoms. The lowest BCUT2D eigenvalue weighted by atomic mass is 10.2. The summed E-state index contributed by atoms with van der Waals surface area (Å²) in [7, 11) is 0. The Kier molecular flexibility index (Phi) is 4.84. The molecule has 1 unspecified atom stereocenters. The van der Waals surface area contributed by atoms with Crippen LogP contribution in [0, 0.1) is 11.3 Å². The summed E-state index contributed by atoms with van der Waals surface area (Å²) in [5.74, 6) is 0.614. The van der Waals surface area contributed by atoms with Gasteiger partial charge in [0.05, 0.1) is 23.9 Å². The van der Waals surface area contributed by atoms with Gasteiger partial charge in [-0.05, 0) is 42.5 Å². The van der Waals surface area contributed by atoms with E-state index in [0.29, 0.717) is 17.9 Å². The maximum atomic E-state index is 10.1. The number of nitriles is 1. The van der Waals surface area contributed by atoms with Crippen molar-refractivity contribution in [2.45, 2.75) is 12.6 Å². The molecule has 6 heteroatoms. The van der Waals surface area contributed by atoms with E-state index >= 15 is 0 Å². The zero-order chi connectivity index (χ0) is 16.8. The van der Waals surface area contributed by atoms with Gasteiger partial charge in [-0.2, -0.15) is 10.4 Å². The number of benzene rings is 1. The highest BCUT2D eigenvalue weighted by atomic mass is 16.5. The Balaban J connectivity index is 1.54. The average molecular weight is 320 g/mol. The molecule has 3 aromatic rings. The van der Waals surface area contributed by atoms with Crippen molar-refractivity contribution in [1.29, 1.82) is 5.26 Å². The minimum atomic E-state index is -0.697. The molecular formula is C18H16N4O2. The van der Waals surface area contributed by atoms with Crippen molar-refractivity contribution in [3.63, 3.8) is 0 Å². The van der Waals surface area contributed by atoms with Gasteiger partial charge in [-0.25, -0.2) is 0 Å². The maximum absolute atomic E-state index is 10.1. The number of aromatic nitrogens is 3. The number of rotatable bonds is 6. The van der Waals surface area contributed by atoms with E-state index in [0.717, 1.165) is 11.4 Å². The first-order valence-corrected chi connectivity index (χ1v) is 7.50. The van der Waals surface area contributed by atoms with Gasteiger partial charge in [0, 0.05) is 12.4 Å². The van der Waals surface area contributed by atoms with Crippen LogP contribution in [-0.2, 0) is 6.54 Å². The lowest BCUT2D eigenvalue weighted by Gasteiger charge is -2.12. The summed E-state index contributed by atoms with van der Waals surface area (Å²) >= 11 is 0. The van der Waals surface area contributed by atoms with Gasteiger partial charge in [0.2, 0.25) is 0 Å². The van der Waals surface area contributed by atoms with Crippen LogP contribution in [0.1, 0.15) is 5.56 Å². The maximum Gasteiger partial charge on any atom is 0.119 e. The highest BCUT2D eigenvalue weighted by molar-refractivity contribution is 5.52. The second kappa shape index (κ2) is 7.40. The van der Waals surface area contributed by atoms with Crippen LogP contribution in [0.25, 0.3) is 11.4 Å². The van der Waals surface area contributed by atoms with Crippen LogP contribution >= 0.6 is 0 Å². The van der Waals surface area contributed by atoms with E-state index in [9.17, 15) is 5.11 Å². The number of pyridine rings is 1. The molecule has 24 heavy (non-hydrogen) atoms. The summed E-state index contributed by atoms with van der Waals surface area (Å²) in [4.78, 5) is 4.25. The number of hydrogen-bond acceptors (Lipinski definition) is 5. The second-order valence-electron chi connectivity index (χ2n) is 5.24. The van der Waals surface area contributed by atoms with E-state index in [4.69, 9.17) is 10.00 Å². The van der Waals surface area contributed by atoms with E-state index in [-0.39, 0.29) is 6.61 Å². The zero-order valence-corrected chi connectivity index (χ0v) is 12.9. The molecule has 3 rings (SSSR count). The van der Waals surface area contributed by atoms with Crippen LogP contribution < -0.4 is 4.74 Å². The van der Waals surface area contributed by atoms with Gasteiger partial charge < -0.3 is 9.84 Å². The summed E-state index contributed by atoms with van der Waals surface area (Å²) < 4.78 is 7.18. The number of aliphatic hydroxyl groups is 1. The van der Waals surface area contributed by atoms with E-state index in [1.165, 1.54) is 0 Å². The van der Waals surface area contributed by atoms with Crippen LogP contribution in [0.15, 0.2) is 60.9 Å². The molecule has 0 aliphatic rings. The molecule has 120 valence electrons. The highest BCUT2D eigenvalue weighted by Crippen LogP contribution is 2.14. The second-order valence-corrected chi connectivity index (χ2v) is 5.24. The van der Waals surface area contributed by atoms with Crippen molar-refractivity contribution in [3.05, 3.63) is 66.5 Å². The van der Waals surface area contributed by atoms with Crippen LogP contribution in [-0.4, -0.2) is 32.6 Å². The van der Waals surface area contributed by atoms with Gasteiger partial charge in [-0.1, -0.05) is 6.07 Å². The lowest BCUT2D eigenvalue weighted by molar-refractivity contribution is 0.0894. The molecule has 2 aromatic heterocycles. The molecule has 1 aromatic carbocycles. The first kappa shape index (κ1) is 15.7. The summed E-state index contributed by atoms with van der Waals surface area (Å²) in [5.41, 5.74) is 2.12. The molecule has 0 fully saturated rings. The summed E-state index contributed by atoms with van der Waals surface area (Å²) in [6, 6.07) is 16.3. The van der Waals surface area contributed by atoms with Gasteiger partial charge in [0.25, 0.3) is 0 Å². The highest BCUT2D eigenvalue weighted by Gasteiger charge is 2.09. The third-order valence-corrected chi connectivity index (χ3v) is 3.39. The molecule has 0 saturated heterocycles. The van der Waals surface area contributed by atoms with Gasteiger partial charge in [-0.15, -0.1) is 0 Å². The van der Waals surface area contributed by atoms with Crippen molar-refractivity contribution in [2.75, 3.05) is 6.61 Å². The topological polar surface area (TPSA) is 84.0 Å². The first-order valence-electron chi connectivity index (χ1n) is 7.50. The average Bonchev–Trinajstić information content (AvgIpc) is 3.09. The fourth-order valence-corrected chi connectivity index (χ4v) is 2.20. The Morgan fingerprint density at radius 1 is 1.12 bits per heavy atom. The van der Waals surface area contributed by atoms with Crippen LogP contribution in [0.3, 0.4) is 0 Å². The van der Waals surface area contributed by atoms with Crippen LogP contribution in [0.4, 0.5) is 0 Å². The predicted molar refractivity (Wildman–Crippen MR) is 88.1 cm³/mol. The minimum absolute atomic E-state index is 0.144. The van der Waals surface area contributed by atoms with Gasteiger partial charge in [0.15, 0.2) is 0 Å². The van der Waals surface area contributed by atoms with Crippen molar-refractivity contribution in [3.8, 4) is 23.2 Å². The quantitative estimate of drug-likeness (QED) is 0.753. The first-order chi connectivity index (χ1) is 11.7. The standard InChI is InChI=1S/C18H16N4O2/c19-11-14-4-6-16(7-5-14)24-13-15(23)12-22-10-8-18(21-22)17-3-1-2-9-20-17/h1-10,15,23H,12-13H2. The molecule has 0 aliphatic heterocycles. The molecule has 0 bridgehead atoms. The van der Waals surface area contributed by atoms with E-state index < -0.39 is 6.10 Å². The lowest BCUT2D eigenvalue weighted by Crippen LogP contribution is -2.23. The van der Waals surface area contributed by atoms with Gasteiger partial charge >= 0.3 is 0 Å². The number of hydrogen-bond donors (Lipinski definition) is 1. The van der Waals surface area contributed by atoms with Gasteiger partial charge in [0.1, 0.15) is 24.2 Å². The zero-order valence-electron chi connectivity index (χ0n) is 12.9. The van der Waals surface area contributed by atoms with E-state index in [2.05, 4.69) is 10.1 Å². The number of aliphatic hydroxyl groups excluding tert-OH is 1. The Bertz CT molecular complexity index is 822. The minimum Gasteiger partial charge on any atom is -0.491 e. The Morgan fingerprint density at radius 2 is 1.96 bits per heavy atom. The monoisotopic (exact) mass is 320 g/mol. The number of nitrogens with zero attached hydrogens (tertiary/aromatic N) is 4. The van der Waals surface area contributed by atoms with Crippen molar-refractivity contribution in [1.82, 2.24) is 14.8 Å².